The summed E-state index contributed by atoms with van der Waals surface area (Å²) < 4.78 is 0. The predicted octanol–water partition coefficient (Wildman–Crippen LogP) is 1.73. The number of amides is 1. The quantitative estimate of drug-likeness (QED) is 0.898. The van der Waals surface area contributed by atoms with Crippen molar-refractivity contribution in [1.29, 1.82) is 0 Å². The summed E-state index contributed by atoms with van der Waals surface area (Å²) in [5.41, 5.74) is 8.80. The normalized spacial score (nSPS) is 17.2. The third-order valence-electron chi connectivity index (χ3n) is 4.08. The highest BCUT2D eigenvalue weighted by Gasteiger charge is 2.22. The highest BCUT2D eigenvalue weighted by Crippen LogP contribution is 2.31. The third-order valence-corrected chi connectivity index (χ3v) is 4.08. The number of rotatable bonds is 4. The Morgan fingerprint density at radius 2 is 2.04 bits per heavy atom. The predicted molar refractivity (Wildman–Crippen MR) is 90.3 cm³/mol. The summed E-state index contributed by atoms with van der Waals surface area (Å²) in [6.45, 7) is 1.01. The Kier molecular flexibility index (Phi) is 4.25. The summed E-state index contributed by atoms with van der Waals surface area (Å²) >= 11 is 0. The Labute approximate surface area is 135 Å². The molecule has 23 heavy (non-hydrogen) atoms. The van der Waals surface area contributed by atoms with Crippen molar-refractivity contribution in [1.82, 2.24) is 15.3 Å². The molecule has 3 rings (SSSR count). The van der Waals surface area contributed by atoms with Crippen LogP contribution in [0.2, 0.25) is 0 Å². The van der Waals surface area contributed by atoms with Gasteiger partial charge in [-0.15, -0.1) is 0 Å². The second kappa shape index (κ2) is 6.34. The maximum absolute atomic E-state index is 11.2. The van der Waals surface area contributed by atoms with E-state index < -0.39 is 5.91 Å². The minimum absolute atomic E-state index is 0.238. The molecule has 0 aliphatic carbocycles. The monoisotopic (exact) mass is 311 g/mol. The fourth-order valence-electron chi connectivity index (χ4n) is 2.82. The Morgan fingerprint density at radius 3 is 2.61 bits per heavy atom. The molecule has 0 bridgehead atoms. The van der Waals surface area contributed by atoms with Crippen molar-refractivity contribution in [3.05, 3.63) is 41.7 Å². The van der Waals surface area contributed by atoms with E-state index in [1.807, 2.05) is 37.3 Å². The summed E-state index contributed by atoms with van der Waals surface area (Å²) in [7, 11) is 3.87. The highest BCUT2D eigenvalue weighted by atomic mass is 16.1. The van der Waals surface area contributed by atoms with Crippen LogP contribution < -0.4 is 16.0 Å². The van der Waals surface area contributed by atoms with Gasteiger partial charge >= 0.3 is 0 Å². The molecule has 1 aliphatic rings. The smallest absolute Gasteiger partial charge is 0.248 e. The van der Waals surface area contributed by atoms with E-state index in [1.54, 1.807) is 12.1 Å². The number of primary amides is 1. The van der Waals surface area contributed by atoms with Gasteiger partial charge in [0.05, 0.1) is 11.7 Å². The Hall–Kier alpha value is -2.47. The standard InChI is InChI=1S/C17H21N5O/c1-22(2)17-20-10-13(15(21-17)14-4-3-9-19-14)11-5-7-12(8-6-11)16(18)23/h5-8,10,14,19H,3-4,9H2,1-2H3,(H2,18,23). The number of nitrogens with two attached hydrogens (primary N) is 1. The summed E-state index contributed by atoms with van der Waals surface area (Å²) in [6, 6.07) is 7.51. The topological polar surface area (TPSA) is 84.1 Å². The number of aromatic nitrogens is 2. The molecular weight excluding hydrogens is 290 g/mol. The fourth-order valence-corrected chi connectivity index (χ4v) is 2.82. The van der Waals surface area contributed by atoms with E-state index in [9.17, 15) is 4.79 Å². The first kappa shape index (κ1) is 15.4. The van der Waals surface area contributed by atoms with Gasteiger partial charge in [-0.1, -0.05) is 12.1 Å². The molecular formula is C17H21N5O. The Morgan fingerprint density at radius 1 is 1.30 bits per heavy atom. The van der Waals surface area contributed by atoms with Crippen LogP contribution in [-0.2, 0) is 0 Å². The van der Waals surface area contributed by atoms with Gasteiger partial charge < -0.3 is 16.0 Å². The molecule has 2 heterocycles. The lowest BCUT2D eigenvalue weighted by Gasteiger charge is -2.18. The second-order valence-corrected chi connectivity index (χ2v) is 5.95. The molecule has 1 unspecified atom stereocenters. The first-order valence-corrected chi connectivity index (χ1v) is 7.74. The van der Waals surface area contributed by atoms with Gasteiger partial charge in [0.1, 0.15) is 0 Å². The number of benzene rings is 1. The lowest BCUT2D eigenvalue weighted by molar-refractivity contribution is 0.100. The molecule has 1 aromatic heterocycles. The molecule has 1 aliphatic heterocycles. The largest absolute Gasteiger partial charge is 0.366 e. The SMILES string of the molecule is CN(C)c1ncc(-c2ccc(C(N)=O)cc2)c(C2CCCN2)n1. The van der Waals surface area contributed by atoms with Gasteiger partial charge in [-0.2, -0.15) is 0 Å². The lowest BCUT2D eigenvalue weighted by atomic mass is 9.99. The maximum atomic E-state index is 11.2. The molecule has 0 saturated carbocycles. The fraction of sp³-hybridized carbons (Fsp3) is 0.353. The van der Waals surface area contributed by atoms with Crippen LogP contribution in [0.3, 0.4) is 0 Å². The molecule has 6 heteroatoms. The van der Waals surface area contributed by atoms with E-state index in [0.29, 0.717) is 11.5 Å². The molecule has 1 saturated heterocycles. The van der Waals surface area contributed by atoms with Crippen molar-refractivity contribution in [2.75, 3.05) is 25.5 Å². The zero-order valence-electron chi connectivity index (χ0n) is 13.4. The van der Waals surface area contributed by atoms with Gasteiger partial charge in [0.2, 0.25) is 11.9 Å². The molecule has 120 valence electrons. The second-order valence-electron chi connectivity index (χ2n) is 5.95. The van der Waals surface area contributed by atoms with E-state index in [-0.39, 0.29) is 6.04 Å². The van der Waals surface area contributed by atoms with E-state index in [1.165, 1.54) is 0 Å². The maximum Gasteiger partial charge on any atom is 0.248 e. The van der Waals surface area contributed by atoms with Crippen LogP contribution in [0.1, 0.15) is 34.9 Å². The van der Waals surface area contributed by atoms with E-state index >= 15 is 0 Å². The Bertz CT molecular complexity index is 705. The van der Waals surface area contributed by atoms with E-state index in [0.717, 1.165) is 36.2 Å². The van der Waals surface area contributed by atoms with E-state index in [2.05, 4.69) is 10.3 Å². The van der Waals surface area contributed by atoms with Crippen molar-refractivity contribution in [3.63, 3.8) is 0 Å². The molecule has 1 atom stereocenters. The Balaban J connectivity index is 2.04. The molecule has 1 amide bonds. The van der Waals surface area contributed by atoms with Crippen LogP contribution in [0, 0.1) is 0 Å². The van der Waals surface area contributed by atoms with Gasteiger partial charge in [0, 0.05) is 31.4 Å². The van der Waals surface area contributed by atoms with Gasteiger partial charge in [-0.05, 0) is 37.1 Å². The lowest BCUT2D eigenvalue weighted by Crippen LogP contribution is -2.19. The zero-order valence-corrected chi connectivity index (χ0v) is 13.4. The summed E-state index contributed by atoms with van der Waals surface area (Å²) in [6.07, 6.45) is 4.07. The molecule has 1 aromatic carbocycles. The van der Waals surface area contributed by atoms with Crippen molar-refractivity contribution in [2.45, 2.75) is 18.9 Å². The molecule has 2 aromatic rings. The number of anilines is 1. The highest BCUT2D eigenvalue weighted by molar-refractivity contribution is 5.93. The van der Waals surface area contributed by atoms with Crippen molar-refractivity contribution in [2.24, 2.45) is 5.73 Å². The minimum atomic E-state index is -0.423. The van der Waals surface area contributed by atoms with Gasteiger partial charge in [-0.3, -0.25) is 4.79 Å². The van der Waals surface area contributed by atoms with E-state index in [4.69, 9.17) is 10.7 Å². The van der Waals surface area contributed by atoms with Gasteiger partial charge in [0.25, 0.3) is 0 Å². The molecule has 3 N–H and O–H groups in total. The van der Waals surface area contributed by atoms with Crippen LogP contribution in [0.5, 0.6) is 0 Å². The van der Waals surface area contributed by atoms with Crippen LogP contribution in [-0.4, -0.2) is 36.5 Å². The number of nitrogens with one attached hydrogen (secondary N) is 1. The van der Waals surface area contributed by atoms with Crippen LogP contribution >= 0.6 is 0 Å². The molecule has 0 radical (unpaired) electrons. The number of nitrogens with zero attached hydrogens (tertiary/aromatic N) is 3. The first-order valence-electron chi connectivity index (χ1n) is 7.74. The summed E-state index contributed by atoms with van der Waals surface area (Å²) in [5.74, 6) is 0.277. The third kappa shape index (κ3) is 3.17. The van der Waals surface area contributed by atoms with Crippen molar-refractivity contribution in [3.8, 4) is 11.1 Å². The zero-order chi connectivity index (χ0) is 16.4. The molecule has 1 fully saturated rings. The summed E-state index contributed by atoms with van der Waals surface area (Å²) in [5, 5.41) is 3.50. The molecule has 0 spiro atoms. The number of hydrogen-bond acceptors (Lipinski definition) is 5. The number of carbonyl (C=O) groups excluding carboxylic acids is 1. The van der Waals surface area contributed by atoms with Crippen LogP contribution in [0.15, 0.2) is 30.5 Å². The van der Waals surface area contributed by atoms with Crippen molar-refractivity contribution < 1.29 is 4.79 Å². The number of carbonyl (C=O) groups is 1. The van der Waals surface area contributed by atoms with Crippen LogP contribution in [0.4, 0.5) is 5.95 Å². The number of hydrogen-bond donors (Lipinski definition) is 2. The van der Waals surface area contributed by atoms with Gasteiger partial charge in [-0.25, -0.2) is 9.97 Å². The minimum Gasteiger partial charge on any atom is -0.366 e. The first-order chi connectivity index (χ1) is 11.1. The van der Waals surface area contributed by atoms with Gasteiger partial charge in [0.15, 0.2) is 0 Å². The summed E-state index contributed by atoms with van der Waals surface area (Å²) in [4.78, 5) is 22.3. The average molecular weight is 311 g/mol. The average Bonchev–Trinajstić information content (AvgIpc) is 3.08. The molecule has 6 nitrogen and oxygen atoms in total. The van der Waals surface area contributed by atoms with Crippen LogP contribution in [0.25, 0.3) is 11.1 Å². The van der Waals surface area contributed by atoms with Crippen molar-refractivity contribution >= 4 is 11.9 Å².